The molecule has 0 saturated carbocycles. The lowest BCUT2D eigenvalue weighted by Crippen LogP contribution is -2.23. The average Bonchev–Trinajstić information content (AvgIpc) is 3.00. The van der Waals surface area contributed by atoms with E-state index in [1.807, 2.05) is 37.3 Å². The molecule has 0 saturated heterocycles. The van der Waals surface area contributed by atoms with Gasteiger partial charge in [-0.1, -0.05) is 35.3 Å². The number of fused-ring (bicyclic) bond motifs is 3. The van der Waals surface area contributed by atoms with Gasteiger partial charge in [0.15, 0.2) is 5.96 Å². The number of nitrogens with zero attached hydrogens (tertiary/aromatic N) is 2. The number of rotatable bonds is 6. The Bertz CT molecular complexity index is 1260. The smallest absolute Gasteiger partial charge is 0.185 e. The molecule has 5 nitrogen and oxygen atoms in total. The van der Waals surface area contributed by atoms with Crippen molar-refractivity contribution in [3.05, 3.63) is 70.2 Å². The lowest BCUT2D eigenvalue weighted by molar-refractivity contribution is 0.687. The summed E-state index contributed by atoms with van der Waals surface area (Å²) in [4.78, 5) is 4.10. The molecule has 0 amide bonds. The number of anilines is 2. The minimum Gasteiger partial charge on any atom is -0.370 e. The van der Waals surface area contributed by atoms with Crippen LogP contribution in [0.1, 0.15) is 12.0 Å². The minimum absolute atomic E-state index is 0.118. The summed E-state index contributed by atoms with van der Waals surface area (Å²) in [5.74, 6) is 0.118. The third-order valence-corrected chi connectivity index (χ3v) is 5.77. The summed E-state index contributed by atoms with van der Waals surface area (Å²) in [6.07, 6.45) is 0.824. The number of hydrogen-bond acceptors (Lipinski definition) is 2. The molecule has 5 N–H and O–H groups in total. The molecule has 0 bridgehead atoms. The van der Waals surface area contributed by atoms with Crippen LogP contribution in [0.4, 0.5) is 11.4 Å². The number of aryl methyl sites for hydroxylation is 2. The van der Waals surface area contributed by atoms with Crippen LogP contribution in [0.15, 0.2) is 59.6 Å². The first-order valence-corrected chi connectivity index (χ1v) is 10.5. The molecule has 0 fully saturated rings. The molecule has 30 heavy (non-hydrogen) atoms. The summed E-state index contributed by atoms with van der Waals surface area (Å²) >= 11 is 12.6. The van der Waals surface area contributed by atoms with Crippen LogP contribution in [-0.4, -0.2) is 17.1 Å². The molecule has 0 aliphatic heterocycles. The fraction of sp³-hybridized carbons (Fsp3) is 0.174. The molecule has 1 heterocycles. The highest BCUT2D eigenvalue weighted by atomic mass is 35.5. The van der Waals surface area contributed by atoms with E-state index >= 15 is 0 Å². The van der Waals surface area contributed by atoms with Crippen molar-refractivity contribution in [3.63, 3.8) is 0 Å². The molecule has 0 spiro atoms. The topological polar surface area (TPSA) is 81.4 Å². The van der Waals surface area contributed by atoms with Crippen molar-refractivity contribution in [2.45, 2.75) is 19.9 Å². The quantitative estimate of drug-likeness (QED) is 0.201. The van der Waals surface area contributed by atoms with Gasteiger partial charge in [-0.2, -0.15) is 0 Å². The van der Waals surface area contributed by atoms with Crippen LogP contribution in [-0.2, 0) is 6.54 Å². The molecule has 0 radical (unpaired) electrons. The molecule has 0 atom stereocenters. The van der Waals surface area contributed by atoms with E-state index in [1.54, 1.807) is 0 Å². The van der Waals surface area contributed by atoms with Crippen LogP contribution >= 0.6 is 23.2 Å². The van der Waals surface area contributed by atoms with Gasteiger partial charge in [0.2, 0.25) is 0 Å². The summed E-state index contributed by atoms with van der Waals surface area (Å²) in [6.45, 7) is 3.36. The first-order chi connectivity index (χ1) is 14.4. The Morgan fingerprint density at radius 2 is 1.70 bits per heavy atom. The van der Waals surface area contributed by atoms with Gasteiger partial charge < -0.3 is 21.4 Å². The largest absolute Gasteiger partial charge is 0.370 e. The highest BCUT2D eigenvalue weighted by Crippen LogP contribution is 2.34. The second kappa shape index (κ2) is 8.46. The molecular weight excluding hydrogens is 417 g/mol. The number of aromatic nitrogens is 1. The molecule has 0 unspecified atom stereocenters. The number of aliphatic imine (C=N–C) groups is 1. The van der Waals surface area contributed by atoms with Crippen molar-refractivity contribution in [1.82, 2.24) is 4.57 Å². The van der Waals surface area contributed by atoms with Crippen molar-refractivity contribution < 1.29 is 0 Å². The number of nitrogens with one attached hydrogen (secondary N) is 1. The standard InChI is InChI=1S/C23H23Cl2N5/c1-14-3-5-16(12-20(14)25)29-17-6-7-18-19-11-15(24)4-8-21(19)30(22(18)13-17)10-2-9-28-23(26)27/h3-8,11-13,29H,2,9-10H2,1H3,(H4,26,27,28). The molecule has 7 heteroatoms. The third kappa shape index (κ3) is 4.18. The zero-order valence-electron chi connectivity index (χ0n) is 16.6. The van der Waals surface area contributed by atoms with Crippen molar-refractivity contribution in [1.29, 1.82) is 0 Å². The highest BCUT2D eigenvalue weighted by Gasteiger charge is 2.12. The Labute approximate surface area is 185 Å². The monoisotopic (exact) mass is 439 g/mol. The van der Waals surface area contributed by atoms with Gasteiger partial charge in [0, 0.05) is 50.8 Å². The Kier molecular flexibility index (Phi) is 5.75. The zero-order valence-corrected chi connectivity index (χ0v) is 18.1. The second-order valence-electron chi connectivity index (χ2n) is 7.29. The lowest BCUT2D eigenvalue weighted by atomic mass is 10.1. The van der Waals surface area contributed by atoms with E-state index in [9.17, 15) is 0 Å². The number of hydrogen-bond donors (Lipinski definition) is 3. The van der Waals surface area contributed by atoms with Crippen LogP contribution in [0.5, 0.6) is 0 Å². The van der Waals surface area contributed by atoms with Crippen molar-refractivity contribution in [2.24, 2.45) is 16.5 Å². The number of halogens is 2. The molecule has 0 aliphatic carbocycles. The Balaban J connectivity index is 1.74. The second-order valence-corrected chi connectivity index (χ2v) is 8.14. The summed E-state index contributed by atoms with van der Waals surface area (Å²) in [7, 11) is 0. The fourth-order valence-corrected chi connectivity index (χ4v) is 4.02. The van der Waals surface area contributed by atoms with Gasteiger partial charge in [-0.25, -0.2) is 0 Å². The summed E-state index contributed by atoms with van der Waals surface area (Å²) in [6, 6.07) is 18.3. The molecule has 154 valence electrons. The Morgan fingerprint density at radius 1 is 0.933 bits per heavy atom. The van der Waals surface area contributed by atoms with E-state index in [2.05, 4.69) is 39.1 Å². The molecule has 4 rings (SSSR count). The van der Waals surface area contributed by atoms with E-state index in [1.165, 1.54) is 0 Å². The Morgan fingerprint density at radius 3 is 2.47 bits per heavy atom. The first-order valence-electron chi connectivity index (χ1n) is 9.72. The maximum atomic E-state index is 6.28. The van der Waals surface area contributed by atoms with Gasteiger partial charge in [0.1, 0.15) is 0 Å². The van der Waals surface area contributed by atoms with E-state index in [0.29, 0.717) is 6.54 Å². The minimum atomic E-state index is 0.118. The molecular formula is C23H23Cl2N5. The summed E-state index contributed by atoms with van der Waals surface area (Å²) in [5, 5.41) is 7.20. The number of benzene rings is 3. The van der Waals surface area contributed by atoms with E-state index in [-0.39, 0.29) is 5.96 Å². The van der Waals surface area contributed by atoms with Crippen molar-refractivity contribution >= 4 is 62.3 Å². The van der Waals surface area contributed by atoms with Gasteiger partial charge in [-0.3, -0.25) is 4.99 Å². The van der Waals surface area contributed by atoms with Crippen molar-refractivity contribution in [2.75, 3.05) is 11.9 Å². The molecule has 1 aromatic heterocycles. The first kappa shape index (κ1) is 20.4. The van der Waals surface area contributed by atoms with E-state index < -0.39 is 0 Å². The van der Waals surface area contributed by atoms with Gasteiger partial charge in [-0.15, -0.1) is 0 Å². The normalized spacial score (nSPS) is 11.2. The van der Waals surface area contributed by atoms with Gasteiger partial charge in [-0.05, 0) is 61.4 Å². The number of nitrogens with two attached hydrogens (primary N) is 2. The predicted octanol–water partition coefficient (Wildman–Crippen LogP) is 5.82. The molecule has 0 aliphatic rings. The van der Waals surface area contributed by atoms with Gasteiger partial charge in [0.25, 0.3) is 0 Å². The Hall–Kier alpha value is -2.89. The van der Waals surface area contributed by atoms with E-state index in [0.717, 1.165) is 61.8 Å². The van der Waals surface area contributed by atoms with Crippen LogP contribution in [0.3, 0.4) is 0 Å². The zero-order chi connectivity index (χ0) is 21.3. The van der Waals surface area contributed by atoms with Crippen LogP contribution < -0.4 is 16.8 Å². The van der Waals surface area contributed by atoms with Crippen molar-refractivity contribution in [3.8, 4) is 0 Å². The highest BCUT2D eigenvalue weighted by molar-refractivity contribution is 6.32. The third-order valence-electron chi connectivity index (χ3n) is 5.12. The predicted molar refractivity (Wildman–Crippen MR) is 129 cm³/mol. The fourth-order valence-electron chi connectivity index (χ4n) is 3.66. The van der Waals surface area contributed by atoms with Crippen LogP contribution in [0.2, 0.25) is 10.0 Å². The molecule has 4 aromatic rings. The SMILES string of the molecule is Cc1ccc(Nc2ccc3c4cc(Cl)ccc4n(CCCN=C(N)N)c3c2)cc1Cl. The van der Waals surface area contributed by atoms with Crippen LogP contribution in [0, 0.1) is 6.92 Å². The lowest BCUT2D eigenvalue weighted by Gasteiger charge is -2.10. The summed E-state index contributed by atoms with van der Waals surface area (Å²) < 4.78 is 2.29. The maximum absolute atomic E-state index is 6.28. The average molecular weight is 440 g/mol. The summed E-state index contributed by atoms with van der Waals surface area (Å²) in [5.41, 5.74) is 16.1. The molecule has 3 aromatic carbocycles. The van der Waals surface area contributed by atoms with Gasteiger partial charge in [0.05, 0.1) is 5.52 Å². The van der Waals surface area contributed by atoms with Crippen LogP contribution in [0.25, 0.3) is 21.8 Å². The number of guanidine groups is 1. The van der Waals surface area contributed by atoms with Gasteiger partial charge >= 0.3 is 0 Å². The van der Waals surface area contributed by atoms with E-state index in [4.69, 9.17) is 34.7 Å². The maximum Gasteiger partial charge on any atom is 0.185 e.